The molecule has 2 rings (SSSR count). The van der Waals surface area contributed by atoms with Crippen LogP contribution in [0, 0.1) is 0 Å². The van der Waals surface area contributed by atoms with Gasteiger partial charge in [0.2, 0.25) is 0 Å². The predicted molar refractivity (Wildman–Crippen MR) is 91.3 cm³/mol. The van der Waals surface area contributed by atoms with Crippen molar-refractivity contribution in [1.82, 2.24) is 0 Å². The molecule has 20 heavy (non-hydrogen) atoms. The van der Waals surface area contributed by atoms with Gasteiger partial charge in [0, 0.05) is 16.2 Å². The second-order valence-corrected chi connectivity index (χ2v) is 7.16. The summed E-state index contributed by atoms with van der Waals surface area (Å²) in [6.07, 6.45) is 0. The molecule has 0 saturated carbocycles. The maximum absolute atomic E-state index is 3.52. The van der Waals surface area contributed by atoms with Gasteiger partial charge >= 0.3 is 0 Å². The quantitative estimate of drug-likeness (QED) is 0.736. The third kappa shape index (κ3) is 3.86. The largest absolute Gasteiger partial charge is 0.379 e. The number of anilines is 1. The zero-order valence-electron chi connectivity index (χ0n) is 12.6. The fourth-order valence-electron chi connectivity index (χ4n) is 2.15. The van der Waals surface area contributed by atoms with E-state index >= 15 is 0 Å². The number of nitrogens with one attached hydrogen (secondary N) is 1. The number of rotatable bonds is 3. The molecule has 106 valence electrons. The van der Waals surface area contributed by atoms with Gasteiger partial charge in [0.05, 0.1) is 0 Å². The molecule has 0 heterocycles. The Morgan fingerprint density at radius 2 is 1.45 bits per heavy atom. The van der Waals surface area contributed by atoms with Gasteiger partial charge in [-0.05, 0) is 47.7 Å². The first-order chi connectivity index (χ1) is 9.36. The molecule has 1 nitrogen and oxygen atoms in total. The third-order valence-corrected chi connectivity index (χ3v) is 4.03. The summed E-state index contributed by atoms with van der Waals surface area (Å²) < 4.78 is 1.10. The van der Waals surface area contributed by atoms with Gasteiger partial charge in [0.25, 0.3) is 0 Å². The van der Waals surface area contributed by atoms with Crippen LogP contribution in [0.4, 0.5) is 5.69 Å². The molecule has 0 bridgehead atoms. The minimum absolute atomic E-state index is 0.209. The highest BCUT2D eigenvalue weighted by molar-refractivity contribution is 9.10. The molecule has 0 aliphatic carbocycles. The number of benzene rings is 2. The van der Waals surface area contributed by atoms with Crippen LogP contribution in [0.5, 0.6) is 0 Å². The van der Waals surface area contributed by atoms with Crippen molar-refractivity contribution < 1.29 is 0 Å². The molecule has 0 fully saturated rings. The van der Waals surface area contributed by atoms with Crippen LogP contribution in [0.15, 0.2) is 53.0 Å². The van der Waals surface area contributed by atoms with Crippen molar-refractivity contribution in [3.63, 3.8) is 0 Å². The van der Waals surface area contributed by atoms with Crippen LogP contribution in [-0.4, -0.2) is 0 Å². The first-order valence-corrected chi connectivity index (χ1v) is 7.78. The molecule has 1 N–H and O–H groups in total. The van der Waals surface area contributed by atoms with E-state index in [0.717, 1.165) is 10.2 Å². The topological polar surface area (TPSA) is 12.0 Å². The molecule has 2 aromatic rings. The Bertz CT molecular complexity index is 549. The summed E-state index contributed by atoms with van der Waals surface area (Å²) in [4.78, 5) is 0. The minimum Gasteiger partial charge on any atom is -0.379 e. The van der Waals surface area contributed by atoms with Crippen molar-refractivity contribution in [3.8, 4) is 0 Å². The molecule has 2 aromatic carbocycles. The summed E-state index contributed by atoms with van der Waals surface area (Å²) in [5.41, 5.74) is 4.03. The van der Waals surface area contributed by atoms with Gasteiger partial charge in [-0.3, -0.25) is 0 Å². The highest BCUT2D eigenvalue weighted by Gasteiger charge is 2.14. The average Bonchev–Trinajstić information content (AvgIpc) is 2.40. The third-order valence-electron chi connectivity index (χ3n) is 3.50. The van der Waals surface area contributed by atoms with Crippen molar-refractivity contribution in [2.24, 2.45) is 0 Å². The molecular weight excluding hydrogens is 310 g/mol. The van der Waals surface area contributed by atoms with Crippen LogP contribution in [0.3, 0.4) is 0 Å². The second kappa shape index (κ2) is 6.01. The van der Waals surface area contributed by atoms with Gasteiger partial charge in [-0.2, -0.15) is 0 Å². The molecule has 0 aliphatic rings. The fraction of sp³-hybridized carbons (Fsp3) is 0.333. The monoisotopic (exact) mass is 331 g/mol. The van der Waals surface area contributed by atoms with Gasteiger partial charge in [0.1, 0.15) is 0 Å². The molecule has 1 unspecified atom stereocenters. The second-order valence-electron chi connectivity index (χ2n) is 6.24. The van der Waals surface area contributed by atoms with E-state index in [1.165, 1.54) is 11.1 Å². The van der Waals surface area contributed by atoms with Gasteiger partial charge in [-0.25, -0.2) is 0 Å². The normalized spacial score (nSPS) is 13.1. The van der Waals surface area contributed by atoms with Crippen molar-refractivity contribution in [2.75, 3.05) is 5.32 Å². The molecule has 0 aliphatic heterocycles. The van der Waals surface area contributed by atoms with E-state index in [2.05, 4.69) is 97.5 Å². The number of hydrogen-bond donors (Lipinski definition) is 1. The van der Waals surface area contributed by atoms with Crippen LogP contribution in [0.1, 0.15) is 44.9 Å². The summed E-state index contributed by atoms with van der Waals surface area (Å²) in [6.45, 7) is 8.91. The Kier molecular flexibility index (Phi) is 4.54. The molecule has 2 heteroatoms. The Balaban J connectivity index is 2.09. The Hall–Kier alpha value is -1.28. The first-order valence-electron chi connectivity index (χ1n) is 6.99. The average molecular weight is 332 g/mol. The Morgan fingerprint density at radius 3 is 1.95 bits per heavy atom. The van der Waals surface area contributed by atoms with Gasteiger partial charge in [0.15, 0.2) is 0 Å². The van der Waals surface area contributed by atoms with E-state index < -0.39 is 0 Å². The maximum Gasteiger partial charge on any atom is 0.0485 e. The van der Waals surface area contributed by atoms with Crippen molar-refractivity contribution in [1.29, 1.82) is 0 Å². The maximum atomic E-state index is 3.52. The lowest BCUT2D eigenvalue weighted by atomic mass is 9.86. The van der Waals surface area contributed by atoms with Gasteiger partial charge in [-0.1, -0.05) is 61.0 Å². The zero-order chi connectivity index (χ0) is 14.8. The molecule has 0 aromatic heterocycles. The lowest BCUT2D eigenvalue weighted by Crippen LogP contribution is -2.12. The smallest absolute Gasteiger partial charge is 0.0485 e. The summed E-state index contributed by atoms with van der Waals surface area (Å²) in [6, 6.07) is 17.5. The minimum atomic E-state index is 0.209. The first kappa shape index (κ1) is 15.1. The van der Waals surface area contributed by atoms with Crippen molar-refractivity contribution in [3.05, 3.63) is 64.1 Å². The van der Waals surface area contributed by atoms with Crippen LogP contribution in [-0.2, 0) is 5.41 Å². The fourth-order valence-corrected chi connectivity index (χ4v) is 2.42. The summed E-state index contributed by atoms with van der Waals surface area (Å²) in [7, 11) is 0. The van der Waals surface area contributed by atoms with Crippen LogP contribution >= 0.6 is 15.9 Å². The molecule has 0 radical (unpaired) electrons. The lowest BCUT2D eigenvalue weighted by Gasteiger charge is -2.21. The Labute approximate surface area is 130 Å². The van der Waals surface area contributed by atoms with Gasteiger partial charge in [-0.15, -0.1) is 0 Å². The SMILES string of the molecule is CC(Nc1ccc(Br)cc1)c1ccc(C(C)(C)C)cc1. The Morgan fingerprint density at radius 1 is 0.900 bits per heavy atom. The van der Waals surface area contributed by atoms with E-state index in [4.69, 9.17) is 0 Å². The molecule has 0 spiro atoms. The molecule has 1 atom stereocenters. The van der Waals surface area contributed by atoms with Gasteiger partial charge < -0.3 is 5.32 Å². The van der Waals surface area contributed by atoms with Crippen LogP contribution < -0.4 is 5.32 Å². The number of halogens is 1. The van der Waals surface area contributed by atoms with E-state index in [1.807, 2.05) is 0 Å². The van der Waals surface area contributed by atoms with E-state index in [9.17, 15) is 0 Å². The van der Waals surface area contributed by atoms with Crippen LogP contribution in [0.25, 0.3) is 0 Å². The molecule has 0 saturated heterocycles. The van der Waals surface area contributed by atoms with E-state index in [-0.39, 0.29) is 5.41 Å². The van der Waals surface area contributed by atoms with Crippen LogP contribution in [0.2, 0.25) is 0 Å². The van der Waals surface area contributed by atoms with Crippen molar-refractivity contribution in [2.45, 2.75) is 39.2 Å². The number of hydrogen-bond acceptors (Lipinski definition) is 1. The summed E-state index contributed by atoms with van der Waals surface area (Å²) in [5, 5.41) is 3.52. The van der Waals surface area contributed by atoms with E-state index in [1.54, 1.807) is 0 Å². The molecule has 0 amide bonds. The van der Waals surface area contributed by atoms with E-state index in [0.29, 0.717) is 6.04 Å². The highest BCUT2D eigenvalue weighted by Crippen LogP contribution is 2.25. The predicted octanol–water partition coefficient (Wildman–Crippen LogP) is 5.92. The lowest BCUT2D eigenvalue weighted by molar-refractivity contribution is 0.589. The molecular formula is C18H22BrN. The standard InChI is InChI=1S/C18H22BrN/c1-13(20-17-11-9-16(19)10-12-17)14-5-7-15(8-6-14)18(2,3)4/h5-13,20H,1-4H3. The zero-order valence-corrected chi connectivity index (χ0v) is 14.2. The summed E-state index contributed by atoms with van der Waals surface area (Å²) >= 11 is 3.46. The summed E-state index contributed by atoms with van der Waals surface area (Å²) in [5.74, 6) is 0. The highest BCUT2D eigenvalue weighted by atomic mass is 79.9. The van der Waals surface area contributed by atoms with Crippen molar-refractivity contribution >= 4 is 21.6 Å².